The fourth-order valence-corrected chi connectivity index (χ4v) is 2.13. The predicted molar refractivity (Wildman–Crippen MR) is 80.8 cm³/mol. The Bertz CT molecular complexity index is 675. The van der Waals surface area contributed by atoms with Crippen molar-refractivity contribution in [1.29, 1.82) is 0 Å². The molecule has 2 rings (SSSR count). The average Bonchev–Trinajstić information content (AvgIpc) is 2.54. The van der Waals surface area contributed by atoms with E-state index in [-0.39, 0.29) is 6.61 Å². The summed E-state index contributed by atoms with van der Waals surface area (Å²) in [6, 6.07) is 12.1. The van der Waals surface area contributed by atoms with E-state index in [2.05, 4.69) is 9.72 Å². The lowest BCUT2D eigenvalue weighted by Crippen LogP contribution is -2.17. The van der Waals surface area contributed by atoms with Crippen molar-refractivity contribution < 1.29 is 19.1 Å². The van der Waals surface area contributed by atoms with Crippen molar-refractivity contribution in [2.24, 2.45) is 0 Å². The quantitative estimate of drug-likeness (QED) is 0.354. The van der Waals surface area contributed by atoms with E-state index < -0.39 is 11.9 Å². The van der Waals surface area contributed by atoms with E-state index in [1.807, 2.05) is 0 Å². The molecule has 1 aromatic carbocycles. The molecule has 0 aliphatic heterocycles. The SMILES string of the molecule is COC(=O)C(C=O)c1ccccc1COc1cccc(Cl)n1. The number of halogens is 1. The first-order valence-electron chi connectivity index (χ1n) is 6.52. The Morgan fingerprint density at radius 1 is 1.27 bits per heavy atom. The van der Waals surface area contributed by atoms with Crippen LogP contribution in [0.25, 0.3) is 0 Å². The fourth-order valence-electron chi connectivity index (χ4n) is 1.97. The van der Waals surface area contributed by atoms with Gasteiger partial charge in [0.15, 0.2) is 0 Å². The third kappa shape index (κ3) is 3.83. The number of ether oxygens (including phenoxy) is 2. The van der Waals surface area contributed by atoms with Crippen LogP contribution < -0.4 is 4.74 Å². The van der Waals surface area contributed by atoms with Crippen LogP contribution in [0.2, 0.25) is 5.15 Å². The molecule has 0 N–H and O–H groups in total. The Morgan fingerprint density at radius 3 is 2.73 bits per heavy atom. The maximum absolute atomic E-state index is 11.7. The molecule has 0 fully saturated rings. The number of esters is 1. The maximum Gasteiger partial charge on any atom is 0.320 e. The highest BCUT2D eigenvalue weighted by Crippen LogP contribution is 2.22. The van der Waals surface area contributed by atoms with Crippen molar-refractivity contribution >= 4 is 23.9 Å². The molecule has 114 valence electrons. The number of aldehydes is 1. The van der Waals surface area contributed by atoms with Crippen LogP contribution in [0.4, 0.5) is 0 Å². The summed E-state index contributed by atoms with van der Waals surface area (Å²) in [5.41, 5.74) is 1.25. The minimum absolute atomic E-state index is 0.158. The molecule has 0 aliphatic carbocycles. The molecule has 1 unspecified atom stereocenters. The third-order valence-corrected chi connectivity index (χ3v) is 3.26. The largest absolute Gasteiger partial charge is 0.473 e. The van der Waals surface area contributed by atoms with Gasteiger partial charge in [0, 0.05) is 6.07 Å². The van der Waals surface area contributed by atoms with E-state index in [1.54, 1.807) is 42.5 Å². The van der Waals surface area contributed by atoms with Crippen molar-refractivity contribution in [1.82, 2.24) is 4.98 Å². The smallest absolute Gasteiger partial charge is 0.320 e. The van der Waals surface area contributed by atoms with Crippen molar-refractivity contribution in [3.63, 3.8) is 0 Å². The van der Waals surface area contributed by atoms with Gasteiger partial charge in [-0.25, -0.2) is 4.98 Å². The second kappa shape index (κ2) is 7.56. The van der Waals surface area contributed by atoms with Crippen molar-refractivity contribution in [2.75, 3.05) is 7.11 Å². The second-order valence-corrected chi connectivity index (χ2v) is 4.81. The zero-order valence-corrected chi connectivity index (χ0v) is 12.6. The van der Waals surface area contributed by atoms with Gasteiger partial charge in [-0.3, -0.25) is 4.79 Å². The zero-order chi connectivity index (χ0) is 15.9. The minimum Gasteiger partial charge on any atom is -0.473 e. The molecule has 0 saturated heterocycles. The predicted octanol–water partition coefficient (Wildman–Crippen LogP) is 2.77. The highest BCUT2D eigenvalue weighted by atomic mass is 35.5. The first-order chi connectivity index (χ1) is 10.7. The van der Waals surface area contributed by atoms with Gasteiger partial charge in [-0.15, -0.1) is 0 Å². The molecule has 0 bridgehead atoms. The number of aromatic nitrogens is 1. The Labute approximate surface area is 132 Å². The minimum atomic E-state index is -0.975. The normalized spacial score (nSPS) is 11.5. The Kier molecular flexibility index (Phi) is 5.49. The monoisotopic (exact) mass is 319 g/mol. The Balaban J connectivity index is 2.21. The molecule has 0 saturated carbocycles. The fraction of sp³-hybridized carbons (Fsp3) is 0.188. The molecule has 6 heteroatoms. The maximum atomic E-state index is 11.7. The van der Waals surface area contributed by atoms with E-state index >= 15 is 0 Å². The van der Waals surface area contributed by atoms with Crippen LogP contribution in [0.15, 0.2) is 42.5 Å². The Morgan fingerprint density at radius 2 is 2.05 bits per heavy atom. The average molecular weight is 320 g/mol. The number of hydrogen-bond donors (Lipinski definition) is 0. The van der Waals surface area contributed by atoms with Crippen LogP contribution in [0.3, 0.4) is 0 Å². The number of rotatable bonds is 6. The highest BCUT2D eigenvalue weighted by Gasteiger charge is 2.23. The lowest BCUT2D eigenvalue weighted by Gasteiger charge is -2.14. The molecule has 1 aromatic heterocycles. The number of benzene rings is 1. The van der Waals surface area contributed by atoms with E-state index in [0.717, 1.165) is 0 Å². The summed E-state index contributed by atoms with van der Waals surface area (Å²) in [6.07, 6.45) is 0.558. The summed E-state index contributed by atoms with van der Waals surface area (Å²) in [5, 5.41) is 0.325. The second-order valence-electron chi connectivity index (χ2n) is 4.42. The van der Waals surface area contributed by atoms with Gasteiger partial charge >= 0.3 is 5.97 Å². The van der Waals surface area contributed by atoms with Crippen LogP contribution >= 0.6 is 11.6 Å². The van der Waals surface area contributed by atoms with Crippen LogP contribution in [0.1, 0.15) is 17.0 Å². The first kappa shape index (κ1) is 16.0. The molecule has 1 heterocycles. The van der Waals surface area contributed by atoms with Gasteiger partial charge in [0.05, 0.1) is 7.11 Å². The standard InChI is InChI=1S/C16H14ClNO4/c1-21-16(20)13(9-19)12-6-3-2-5-11(12)10-22-15-8-4-7-14(17)18-15/h2-9,13H,10H2,1H3. The van der Waals surface area contributed by atoms with Crippen LogP contribution in [0.5, 0.6) is 5.88 Å². The summed E-state index contributed by atoms with van der Waals surface area (Å²) in [5.74, 6) is -1.22. The number of nitrogens with zero attached hydrogens (tertiary/aromatic N) is 1. The topological polar surface area (TPSA) is 65.5 Å². The molecular formula is C16H14ClNO4. The molecule has 0 aliphatic rings. The number of pyridine rings is 1. The van der Waals surface area contributed by atoms with Gasteiger partial charge in [0.25, 0.3) is 0 Å². The number of carbonyl (C=O) groups excluding carboxylic acids is 2. The molecule has 22 heavy (non-hydrogen) atoms. The third-order valence-electron chi connectivity index (χ3n) is 3.05. The number of carbonyl (C=O) groups is 2. The van der Waals surface area contributed by atoms with Gasteiger partial charge < -0.3 is 14.3 Å². The van der Waals surface area contributed by atoms with Crippen LogP contribution in [0, 0.1) is 0 Å². The molecule has 5 nitrogen and oxygen atoms in total. The van der Waals surface area contributed by atoms with Crippen molar-refractivity contribution in [3.8, 4) is 5.88 Å². The molecular weight excluding hydrogens is 306 g/mol. The Hall–Kier alpha value is -2.40. The summed E-state index contributed by atoms with van der Waals surface area (Å²) < 4.78 is 10.2. The molecule has 2 aromatic rings. The lowest BCUT2D eigenvalue weighted by molar-refractivity contribution is -0.143. The van der Waals surface area contributed by atoms with Gasteiger partial charge in [-0.1, -0.05) is 41.9 Å². The molecule has 1 atom stereocenters. The van der Waals surface area contributed by atoms with E-state index in [1.165, 1.54) is 7.11 Å². The van der Waals surface area contributed by atoms with Crippen LogP contribution in [-0.2, 0) is 20.9 Å². The first-order valence-corrected chi connectivity index (χ1v) is 6.89. The molecule has 0 amide bonds. The van der Waals surface area contributed by atoms with Gasteiger partial charge in [-0.2, -0.15) is 0 Å². The van der Waals surface area contributed by atoms with Gasteiger partial charge in [0.1, 0.15) is 24.0 Å². The van der Waals surface area contributed by atoms with E-state index in [9.17, 15) is 9.59 Å². The van der Waals surface area contributed by atoms with E-state index in [4.69, 9.17) is 16.3 Å². The number of hydrogen-bond acceptors (Lipinski definition) is 5. The summed E-state index contributed by atoms with van der Waals surface area (Å²) in [7, 11) is 1.24. The van der Waals surface area contributed by atoms with Crippen molar-refractivity contribution in [3.05, 3.63) is 58.7 Å². The highest BCUT2D eigenvalue weighted by molar-refractivity contribution is 6.29. The van der Waals surface area contributed by atoms with E-state index in [0.29, 0.717) is 28.4 Å². The number of methoxy groups -OCH3 is 1. The summed E-state index contributed by atoms with van der Waals surface area (Å²) >= 11 is 5.79. The van der Waals surface area contributed by atoms with Gasteiger partial charge in [0.2, 0.25) is 5.88 Å². The van der Waals surface area contributed by atoms with Gasteiger partial charge in [-0.05, 0) is 17.2 Å². The lowest BCUT2D eigenvalue weighted by atomic mass is 9.95. The van der Waals surface area contributed by atoms with Crippen molar-refractivity contribution in [2.45, 2.75) is 12.5 Å². The van der Waals surface area contributed by atoms with Crippen LogP contribution in [-0.4, -0.2) is 24.3 Å². The summed E-state index contributed by atoms with van der Waals surface area (Å²) in [6.45, 7) is 0.158. The summed E-state index contributed by atoms with van der Waals surface area (Å²) in [4.78, 5) is 26.9. The zero-order valence-electron chi connectivity index (χ0n) is 11.9. The molecule has 0 radical (unpaired) electrons. The molecule has 0 spiro atoms.